The van der Waals surface area contributed by atoms with Gasteiger partial charge in [0.25, 0.3) is 5.91 Å². The van der Waals surface area contributed by atoms with Crippen molar-refractivity contribution in [2.75, 3.05) is 19.8 Å². The van der Waals surface area contributed by atoms with Gasteiger partial charge in [-0.3, -0.25) is 14.4 Å². The van der Waals surface area contributed by atoms with Gasteiger partial charge in [-0.2, -0.15) is 5.26 Å². The van der Waals surface area contributed by atoms with Crippen LogP contribution in [0, 0.1) is 23.7 Å². The molecule has 0 aliphatic heterocycles. The number of rotatable bonds is 8. The number of benzene rings is 1. The minimum absolute atomic E-state index is 0.0138. The zero-order valence-electron chi connectivity index (χ0n) is 12.7. The second-order valence-corrected chi connectivity index (χ2v) is 4.50. The van der Waals surface area contributed by atoms with E-state index in [-0.39, 0.29) is 36.4 Å². The fourth-order valence-corrected chi connectivity index (χ4v) is 1.72. The Balaban J connectivity index is 2.95. The lowest BCUT2D eigenvalue weighted by atomic mass is 10.0. The number of ether oxygens (including phenoxy) is 1. The molecule has 3 N–H and O–H groups in total. The molecule has 0 bridgehead atoms. The predicted octanol–water partition coefficient (Wildman–Crippen LogP) is 0.428. The van der Waals surface area contributed by atoms with Gasteiger partial charge in [-0.05, 0) is 24.3 Å². The molecular weight excluding hydrogens is 310 g/mol. The number of hydrogen-bond acceptors (Lipinski definition) is 5. The Bertz CT molecular complexity index is 754. The van der Waals surface area contributed by atoms with Crippen LogP contribution in [-0.4, -0.2) is 37.4 Å². The van der Waals surface area contributed by atoms with Gasteiger partial charge in [-0.15, -0.1) is 6.42 Å². The second kappa shape index (κ2) is 9.57. The molecule has 0 saturated carbocycles. The van der Waals surface area contributed by atoms with Crippen molar-refractivity contribution in [3.05, 3.63) is 47.0 Å². The van der Waals surface area contributed by atoms with Gasteiger partial charge in [0, 0.05) is 29.3 Å². The average molecular weight is 325 g/mol. The van der Waals surface area contributed by atoms with E-state index in [2.05, 4.69) is 11.2 Å². The van der Waals surface area contributed by atoms with Gasteiger partial charge in [0.05, 0.1) is 12.7 Å². The van der Waals surface area contributed by atoms with Crippen LogP contribution in [0.3, 0.4) is 0 Å². The van der Waals surface area contributed by atoms with E-state index in [9.17, 15) is 14.4 Å². The van der Waals surface area contributed by atoms with Crippen molar-refractivity contribution in [1.29, 1.82) is 5.26 Å². The van der Waals surface area contributed by atoms with Crippen molar-refractivity contribution in [3.8, 4) is 18.4 Å². The first-order valence-corrected chi connectivity index (χ1v) is 6.84. The quantitative estimate of drug-likeness (QED) is 0.236. The third kappa shape index (κ3) is 5.76. The maximum atomic E-state index is 12.1. The highest BCUT2D eigenvalue weighted by atomic mass is 16.5. The number of nitrogens with two attached hydrogens (primary N) is 1. The van der Waals surface area contributed by atoms with Crippen LogP contribution in [0.25, 0.3) is 0 Å². The Morgan fingerprint density at radius 3 is 2.54 bits per heavy atom. The van der Waals surface area contributed by atoms with Crippen LogP contribution in [0.2, 0.25) is 0 Å². The molecule has 0 aromatic heterocycles. The topological polar surface area (TPSA) is 122 Å². The lowest BCUT2D eigenvalue weighted by Gasteiger charge is -2.08. The molecule has 0 aliphatic rings. The van der Waals surface area contributed by atoms with Gasteiger partial charge in [0.15, 0.2) is 5.78 Å². The monoisotopic (exact) mass is 325 g/mol. The molecule has 1 rings (SSSR count). The molecule has 0 heterocycles. The Hall–Kier alpha value is -3.42. The third-order valence-electron chi connectivity index (χ3n) is 2.79. The summed E-state index contributed by atoms with van der Waals surface area (Å²) in [6.07, 6.45) is 7.06. The van der Waals surface area contributed by atoms with E-state index in [1.54, 1.807) is 6.07 Å². The smallest absolute Gasteiger partial charge is 0.251 e. The number of terminal acetylenes is 1. The minimum atomic E-state index is -0.777. The molecule has 0 atom stereocenters. The molecule has 7 heteroatoms. The van der Waals surface area contributed by atoms with Crippen LogP contribution in [0.15, 0.2) is 30.4 Å². The number of nitriles is 1. The maximum Gasteiger partial charge on any atom is 0.251 e. The van der Waals surface area contributed by atoms with Gasteiger partial charge < -0.3 is 15.8 Å². The van der Waals surface area contributed by atoms with E-state index < -0.39 is 17.6 Å². The highest BCUT2D eigenvalue weighted by Crippen LogP contribution is 2.12. The van der Waals surface area contributed by atoms with E-state index in [1.165, 1.54) is 18.2 Å². The van der Waals surface area contributed by atoms with Gasteiger partial charge in [0.1, 0.15) is 6.61 Å². The molecule has 122 valence electrons. The summed E-state index contributed by atoms with van der Waals surface area (Å²) in [5, 5.41) is 11.0. The van der Waals surface area contributed by atoms with Crippen molar-refractivity contribution >= 4 is 17.6 Å². The summed E-state index contributed by atoms with van der Waals surface area (Å²) >= 11 is 0. The Labute approximate surface area is 139 Å². The van der Waals surface area contributed by atoms with E-state index in [0.717, 1.165) is 12.2 Å². The molecule has 0 fully saturated rings. The molecule has 0 aliphatic carbocycles. The lowest BCUT2D eigenvalue weighted by molar-refractivity contribution is 0.0930. The van der Waals surface area contributed by atoms with Crippen molar-refractivity contribution in [2.24, 2.45) is 5.73 Å². The first-order chi connectivity index (χ1) is 11.5. The van der Waals surface area contributed by atoms with E-state index in [0.29, 0.717) is 0 Å². The predicted molar refractivity (Wildman–Crippen MR) is 86.0 cm³/mol. The molecule has 2 amide bonds. The normalized spacial score (nSPS) is 9.92. The zero-order chi connectivity index (χ0) is 17.9. The largest absolute Gasteiger partial charge is 0.367 e. The van der Waals surface area contributed by atoms with Crippen molar-refractivity contribution in [3.63, 3.8) is 0 Å². The highest BCUT2D eigenvalue weighted by Gasteiger charge is 2.14. The number of nitrogens with zero attached hydrogens (tertiary/aromatic N) is 1. The van der Waals surface area contributed by atoms with Crippen LogP contribution in [-0.2, 0) is 4.74 Å². The Morgan fingerprint density at radius 1 is 1.25 bits per heavy atom. The van der Waals surface area contributed by atoms with E-state index in [1.807, 2.05) is 0 Å². The summed E-state index contributed by atoms with van der Waals surface area (Å²) in [5.74, 6) is 0.492. The maximum absolute atomic E-state index is 12.1. The molecule has 0 radical (unpaired) electrons. The van der Waals surface area contributed by atoms with Crippen molar-refractivity contribution in [2.45, 2.75) is 0 Å². The summed E-state index contributed by atoms with van der Waals surface area (Å²) < 4.78 is 5.02. The van der Waals surface area contributed by atoms with E-state index >= 15 is 0 Å². The number of carbonyl (C=O) groups excluding carboxylic acids is 3. The van der Waals surface area contributed by atoms with Crippen LogP contribution >= 0.6 is 0 Å². The fraction of sp³-hybridized carbons (Fsp3) is 0.176. The Kier molecular flexibility index (Phi) is 7.43. The standard InChI is InChI=1S/C17H15N3O4/c1-2-7-24-8-6-20-17(23)14-10-12(15(21)4-3-5-18)9-13(11-14)16(19)22/h1,3-4,9-11H,6-8H2,(H2,19,22)(H,20,23)/b4-3+. The molecule has 0 spiro atoms. The SMILES string of the molecule is C#CCOCCNC(=O)c1cc(C(N)=O)cc(C(=O)/C=C/C#N)c1. The third-order valence-corrected chi connectivity index (χ3v) is 2.79. The summed E-state index contributed by atoms with van der Waals surface area (Å²) in [5.41, 5.74) is 5.40. The minimum Gasteiger partial charge on any atom is -0.367 e. The molecule has 0 unspecified atom stereocenters. The van der Waals surface area contributed by atoms with Crippen LogP contribution in [0.4, 0.5) is 0 Å². The van der Waals surface area contributed by atoms with Gasteiger partial charge in [0.2, 0.25) is 5.91 Å². The number of nitrogens with one attached hydrogen (secondary N) is 1. The zero-order valence-corrected chi connectivity index (χ0v) is 12.7. The summed E-state index contributed by atoms with van der Waals surface area (Å²) in [6, 6.07) is 5.55. The first kappa shape index (κ1) is 18.6. The fourth-order valence-electron chi connectivity index (χ4n) is 1.72. The molecule has 1 aromatic carbocycles. The number of ketones is 1. The second-order valence-electron chi connectivity index (χ2n) is 4.50. The number of hydrogen-bond donors (Lipinski definition) is 2. The van der Waals surface area contributed by atoms with Gasteiger partial charge >= 0.3 is 0 Å². The number of carbonyl (C=O) groups is 3. The van der Waals surface area contributed by atoms with E-state index in [4.69, 9.17) is 22.2 Å². The lowest BCUT2D eigenvalue weighted by Crippen LogP contribution is -2.28. The van der Waals surface area contributed by atoms with Crippen LogP contribution < -0.4 is 11.1 Å². The van der Waals surface area contributed by atoms with Crippen LogP contribution in [0.1, 0.15) is 31.1 Å². The van der Waals surface area contributed by atoms with Crippen molar-refractivity contribution < 1.29 is 19.1 Å². The molecule has 24 heavy (non-hydrogen) atoms. The molecule has 1 aromatic rings. The van der Waals surface area contributed by atoms with Gasteiger partial charge in [-0.25, -0.2) is 0 Å². The highest BCUT2D eigenvalue weighted by molar-refractivity contribution is 6.08. The number of amides is 2. The van der Waals surface area contributed by atoms with Crippen LogP contribution in [0.5, 0.6) is 0 Å². The molecule has 7 nitrogen and oxygen atoms in total. The number of primary amides is 1. The Morgan fingerprint density at radius 2 is 1.92 bits per heavy atom. The molecule has 0 saturated heterocycles. The molecular formula is C17H15N3O4. The summed E-state index contributed by atoms with van der Waals surface area (Å²) in [7, 11) is 0. The first-order valence-electron chi connectivity index (χ1n) is 6.84. The summed E-state index contributed by atoms with van der Waals surface area (Å²) in [4.78, 5) is 35.4. The summed E-state index contributed by atoms with van der Waals surface area (Å²) in [6.45, 7) is 0.567. The average Bonchev–Trinajstić information content (AvgIpc) is 2.58. The van der Waals surface area contributed by atoms with Gasteiger partial charge in [-0.1, -0.05) is 5.92 Å². The van der Waals surface area contributed by atoms with Crippen molar-refractivity contribution in [1.82, 2.24) is 5.32 Å². The number of allylic oxidation sites excluding steroid dienone is 2.